The maximum absolute atomic E-state index is 8.01. The first-order chi connectivity index (χ1) is 21.7. The normalized spacial score (nSPS) is 12.0. The molecule has 0 radical (unpaired) electrons. The summed E-state index contributed by atoms with van der Waals surface area (Å²) in [6.07, 6.45) is 0. The molecule has 0 saturated heterocycles. The lowest BCUT2D eigenvalue weighted by Gasteiger charge is -2.18. The van der Waals surface area contributed by atoms with Crippen LogP contribution in [0, 0.1) is 0 Å². The van der Waals surface area contributed by atoms with Crippen LogP contribution in [0.5, 0.6) is 0 Å². The van der Waals surface area contributed by atoms with E-state index in [0.29, 0.717) is 6.04 Å². The molecular formula is C42H26O. The van der Waals surface area contributed by atoms with Crippen molar-refractivity contribution in [2.24, 2.45) is 0 Å². The van der Waals surface area contributed by atoms with Crippen molar-refractivity contribution in [1.29, 1.82) is 0 Å². The summed E-state index contributed by atoms with van der Waals surface area (Å²) in [4.78, 5) is 0. The van der Waals surface area contributed by atoms with Crippen LogP contribution in [-0.2, 0) is 0 Å². The van der Waals surface area contributed by atoms with E-state index in [4.69, 9.17) is 5.79 Å². The molecule has 0 saturated carbocycles. The van der Waals surface area contributed by atoms with Crippen molar-refractivity contribution in [3.05, 3.63) is 158 Å². The van der Waals surface area contributed by atoms with Gasteiger partial charge in [-0.1, -0.05) is 146 Å². The fraction of sp³-hybridized carbons (Fsp3) is 0. The molecule has 43 heavy (non-hydrogen) atoms. The highest BCUT2D eigenvalue weighted by Gasteiger charge is 2.18. The molecule has 0 bridgehead atoms. The molecule has 1 aromatic heterocycles. The topological polar surface area (TPSA) is 13.1 Å². The van der Waals surface area contributed by atoms with Crippen LogP contribution in [-0.4, -0.2) is 0 Å². The van der Waals surface area contributed by atoms with E-state index in [9.17, 15) is 0 Å². The first-order valence-electron chi connectivity index (χ1n) is 15.2. The van der Waals surface area contributed by atoms with Gasteiger partial charge in [0.05, 0.1) is 1.37 Å². The van der Waals surface area contributed by atoms with E-state index in [0.717, 1.165) is 38.5 Å². The summed E-state index contributed by atoms with van der Waals surface area (Å²) in [5.41, 5.74) is 8.95. The molecule has 0 aliphatic heterocycles. The van der Waals surface area contributed by atoms with E-state index >= 15 is 0 Å². The molecule has 200 valence electrons. The van der Waals surface area contributed by atoms with Crippen LogP contribution in [0.4, 0.5) is 0 Å². The summed E-state index contributed by atoms with van der Waals surface area (Å²) in [5, 5.41) is 9.49. The molecule has 0 spiro atoms. The summed E-state index contributed by atoms with van der Waals surface area (Å²) in [7, 11) is 0. The lowest BCUT2D eigenvalue weighted by Crippen LogP contribution is -1.90. The van der Waals surface area contributed by atoms with E-state index in [1.807, 2.05) is 12.1 Å². The molecule has 0 N–H and O–H groups in total. The van der Waals surface area contributed by atoms with E-state index in [2.05, 4.69) is 140 Å². The van der Waals surface area contributed by atoms with Crippen molar-refractivity contribution in [2.75, 3.05) is 0 Å². The van der Waals surface area contributed by atoms with Gasteiger partial charge in [0.15, 0.2) is 0 Å². The Balaban J connectivity index is 1.25. The summed E-state index contributed by atoms with van der Waals surface area (Å²) in [6, 6.07) is 53.9. The highest BCUT2D eigenvalue weighted by Crippen LogP contribution is 2.44. The molecule has 8 aromatic carbocycles. The largest absolute Gasteiger partial charge is 0.455 e. The van der Waals surface area contributed by atoms with Gasteiger partial charge in [-0.25, -0.2) is 0 Å². The zero-order chi connectivity index (χ0) is 29.2. The molecule has 0 aliphatic carbocycles. The second-order valence-corrected chi connectivity index (χ2v) is 11.2. The van der Waals surface area contributed by atoms with E-state index in [1.54, 1.807) is 0 Å². The highest BCUT2D eigenvalue weighted by molar-refractivity contribution is 6.22. The number of benzene rings is 8. The van der Waals surface area contributed by atoms with Gasteiger partial charge in [0.25, 0.3) is 0 Å². The minimum Gasteiger partial charge on any atom is -0.455 e. The molecule has 9 rings (SSSR count). The third-order valence-electron chi connectivity index (χ3n) is 8.81. The van der Waals surface area contributed by atoms with E-state index < -0.39 is 0 Å². The number of hydrogen-bond acceptors (Lipinski definition) is 1. The van der Waals surface area contributed by atoms with Crippen LogP contribution < -0.4 is 0 Å². The van der Waals surface area contributed by atoms with Gasteiger partial charge in [0.1, 0.15) is 11.2 Å². The van der Waals surface area contributed by atoms with Gasteiger partial charge < -0.3 is 4.42 Å². The van der Waals surface area contributed by atoms with Gasteiger partial charge in [-0.2, -0.15) is 0 Å². The third-order valence-corrected chi connectivity index (χ3v) is 8.81. The SMILES string of the molecule is [2H]c1ccc(-c2c3ccccc3c(-c3ccc(-c4cccc5oc6c7ccccc7ccc6c45)cc3)c3ccccc23)cc1. The molecule has 9 aromatic rings. The lowest BCUT2D eigenvalue weighted by atomic mass is 9.85. The quantitative estimate of drug-likeness (QED) is 0.201. The molecule has 0 amide bonds. The summed E-state index contributed by atoms with van der Waals surface area (Å²) >= 11 is 0. The first kappa shape index (κ1) is 23.0. The predicted molar refractivity (Wildman–Crippen MR) is 183 cm³/mol. The van der Waals surface area contributed by atoms with Crippen molar-refractivity contribution in [2.45, 2.75) is 0 Å². The molecule has 1 heteroatoms. The number of rotatable bonds is 3. The molecule has 0 fully saturated rings. The first-order valence-corrected chi connectivity index (χ1v) is 14.7. The Hall–Kier alpha value is -5.66. The number of fused-ring (bicyclic) bond motifs is 7. The maximum atomic E-state index is 8.01. The van der Waals surface area contributed by atoms with Gasteiger partial charge in [-0.15, -0.1) is 0 Å². The molecule has 0 aliphatic rings. The minimum atomic E-state index is 0.520. The van der Waals surface area contributed by atoms with Crippen molar-refractivity contribution in [3.63, 3.8) is 0 Å². The monoisotopic (exact) mass is 547 g/mol. The Bertz CT molecular complexity index is 2480. The Labute approximate surface area is 250 Å². The van der Waals surface area contributed by atoms with Crippen LogP contribution in [0.15, 0.2) is 162 Å². The van der Waals surface area contributed by atoms with E-state index in [-0.39, 0.29) is 0 Å². The summed E-state index contributed by atoms with van der Waals surface area (Å²) in [5.74, 6) is 0. The third kappa shape index (κ3) is 3.65. The Morgan fingerprint density at radius 3 is 1.60 bits per heavy atom. The Kier molecular flexibility index (Phi) is 5.04. The predicted octanol–water partition coefficient (Wildman–Crippen LogP) is 12.0. The zero-order valence-electron chi connectivity index (χ0n) is 24.3. The van der Waals surface area contributed by atoms with Crippen LogP contribution in [0.1, 0.15) is 1.37 Å². The minimum absolute atomic E-state index is 0.520. The van der Waals surface area contributed by atoms with Gasteiger partial charge in [-0.3, -0.25) is 0 Å². The standard InChI is InChI=1S/C42H26O/c1-2-12-29(13-3-1)39-33-15-6-8-17-35(33)40(36-18-9-7-16-34(36)39)30-23-21-28(22-24-30)31-19-10-20-38-41(31)37-26-25-27-11-4-5-14-32(27)42(37)43-38/h1-26H/i1D. The second kappa shape index (κ2) is 9.44. The average Bonchev–Trinajstić information content (AvgIpc) is 3.47. The van der Waals surface area contributed by atoms with Gasteiger partial charge >= 0.3 is 0 Å². The number of hydrogen-bond donors (Lipinski definition) is 0. The van der Waals surface area contributed by atoms with Crippen molar-refractivity contribution < 1.29 is 5.79 Å². The van der Waals surface area contributed by atoms with Crippen molar-refractivity contribution in [1.82, 2.24) is 0 Å². The molecule has 0 atom stereocenters. The fourth-order valence-corrected chi connectivity index (χ4v) is 6.91. The number of furan rings is 1. The Morgan fingerprint density at radius 2 is 0.953 bits per heavy atom. The average molecular weight is 548 g/mol. The second-order valence-electron chi connectivity index (χ2n) is 11.2. The van der Waals surface area contributed by atoms with Crippen LogP contribution in [0.2, 0.25) is 0 Å². The van der Waals surface area contributed by atoms with Gasteiger partial charge in [0.2, 0.25) is 0 Å². The lowest BCUT2D eigenvalue weighted by molar-refractivity contribution is 0.673. The maximum Gasteiger partial charge on any atom is 0.143 e. The summed E-state index contributed by atoms with van der Waals surface area (Å²) in [6.45, 7) is 0. The summed E-state index contributed by atoms with van der Waals surface area (Å²) < 4.78 is 14.5. The van der Waals surface area contributed by atoms with Gasteiger partial charge in [-0.05, 0) is 72.4 Å². The van der Waals surface area contributed by atoms with Crippen LogP contribution >= 0.6 is 0 Å². The molecule has 0 unspecified atom stereocenters. The molecule has 1 heterocycles. The Morgan fingerprint density at radius 1 is 0.395 bits per heavy atom. The van der Waals surface area contributed by atoms with Crippen molar-refractivity contribution >= 4 is 54.3 Å². The van der Waals surface area contributed by atoms with Crippen molar-refractivity contribution in [3.8, 4) is 33.4 Å². The smallest absolute Gasteiger partial charge is 0.143 e. The van der Waals surface area contributed by atoms with Gasteiger partial charge in [0, 0.05) is 16.2 Å². The molecular weight excluding hydrogens is 520 g/mol. The fourth-order valence-electron chi connectivity index (χ4n) is 6.91. The zero-order valence-corrected chi connectivity index (χ0v) is 23.3. The van der Waals surface area contributed by atoms with E-state index in [1.165, 1.54) is 49.2 Å². The molecule has 1 nitrogen and oxygen atoms in total. The van der Waals surface area contributed by atoms with Crippen LogP contribution in [0.3, 0.4) is 0 Å². The highest BCUT2D eigenvalue weighted by atomic mass is 16.3. The van der Waals surface area contributed by atoms with Crippen LogP contribution in [0.25, 0.3) is 87.6 Å².